The number of nitrogens with zero attached hydrogens (tertiary/aromatic N) is 2. The van der Waals surface area contributed by atoms with Gasteiger partial charge in [-0.2, -0.15) is 0 Å². The van der Waals surface area contributed by atoms with Crippen molar-refractivity contribution in [2.24, 2.45) is 0 Å². The highest BCUT2D eigenvalue weighted by Gasteiger charge is 2.26. The number of carbonyl (C=O) groups is 1. The lowest BCUT2D eigenvalue weighted by molar-refractivity contribution is -0.119. The number of morpholine rings is 1. The molecule has 0 aliphatic carbocycles. The molecule has 3 N–H and O–H groups in total. The third-order valence-electron chi connectivity index (χ3n) is 5.92. The van der Waals surface area contributed by atoms with Crippen molar-refractivity contribution in [1.82, 2.24) is 19.8 Å². The molecule has 3 rings (SSSR count). The van der Waals surface area contributed by atoms with Crippen LogP contribution in [0.3, 0.4) is 0 Å². The molecule has 0 radical (unpaired) electrons. The largest absolute Gasteiger partial charge is 0.489 e. The van der Waals surface area contributed by atoms with Gasteiger partial charge in [0.25, 0.3) is 0 Å². The molecule has 0 saturated carbocycles. The number of aliphatic hydroxyl groups excluding tert-OH is 1. The highest BCUT2D eigenvalue weighted by atomic mass is 32.2. The normalized spacial score (nSPS) is 20.9. The highest BCUT2D eigenvalue weighted by Crippen LogP contribution is 2.23. The molecule has 1 unspecified atom stereocenters. The molecule has 12 heteroatoms. The lowest BCUT2D eigenvalue weighted by Crippen LogP contribution is -2.38. The van der Waals surface area contributed by atoms with Gasteiger partial charge in [-0.05, 0) is 37.5 Å². The molecule has 2 heterocycles. The van der Waals surface area contributed by atoms with E-state index in [-0.39, 0.29) is 24.0 Å². The summed E-state index contributed by atoms with van der Waals surface area (Å²) in [7, 11) is -3.53. The summed E-state index contributed by atoms with van der Waals surface area (Å²) in [4.78, 5) is 15.0. The van der Waals surface area contributed by atoms with E-state index in [1.165, 1.54) is 6.07 Å². The van der Waals surface area contributed by atoms with Crippen molar-refractivity contribution in [3.8, 4) is 5.75 Å². The minimum absolute atomic E-state index is 0.0405. The van der Waals surface area contributed by atoms with Crippen LogP contribution in [0.1, 0.15) is 37.8 Å². The number of unbranched alkanes of at least 4 members (excludes halogenated alkanes) is 2. The fraction of sp³-hybridized carbons (Fsp3) is 0.682. The van der Waals surface area contributed by atoms with Crippen molar-refractivity contribution in [2.45, 2.75) is 38.6 Å². The molecule has 2 fully saturated rings. The summed E-state index contributed by atoms with van der Waals surface area (Å²) in [5, 5.41) is 12.0. The molecule has 2 atom stereocenters. The second kappa shape index (κ2) is 12.8. The minimum atomic E-state index is -3.53. The summed E-state index contributed by atoms with van der Waals surface area (Å²) < 4.78 is 52.7. The fourth-order valence-electron chi connectivity index (χ4n) is 3.94. The van der Waals surface area contributed by atoms with Gasteiger partial charge in [-0.1, -0.05) is 12.5 Å². The molecule has 0 spiro atoms. The van der Waals surface area contributed by atoms with Crippen LogP contribution in [0, 0.1) is 5.82 Å². The van der Waals surface area contributed by atoms with Gasteiger partial charge in [0.15, 0.2) is 17.9 Å². The summed E-state index contributed by atoms with van der Waals surface area (Å²) in [5.41, 5.74) is 0.617. The number of halogens is 1. The van der Waals surface area contributed by atoms with Crippen LogP contribution >= 0.6 is 0 Å². The minimum Gasteiger partial charge on any atom is -0.489 e. The molecule has 2 saturated heterocycles. The first-order valence-electron chi connectivity index (χ1n) is 11.7. The summed E-state index contributed by atoms with van der Waals surface area (Å²) in [6.45, 7) is 6.37. The molecule has 2 aliphatic heterocycles. The van der Waals surface area contributed by atoms with E-state index in [0.29, 0.717) is 57.7 Å². The van der Waals surface area contributed by atoms with Crippen LogP contribution in [0.2, 0.25) is 0 Å². The quantitative estimate of drug-likeness (QED) is 0.332. The molecule has 10 nitrogen and oxygen atoms in total. The van der Waals surface area contributed by atoms with Crippen LogP contribution < -0.4 is 14.8 Å². The number of nitrogens with one attached hydrogen (secondary N) is 2. The Kier molecular flexibility index (Phi) is 10.0. The second-order valence-corrected chi connectivity index (χ2v) is 10.5. The van der Waals surface area contributed by atoms with Crippen molar-refractivity contribution >= 4 is 15.9 Å². The predicted octanol–water partition coefficient (Wildman–Crippen LogP) is 0.395. The van der Waals surface area contributed by atoms with E-state index in [1.54, 1.807) is 24.0 Å². The molecule has 34 heavy (non-hydrogen) atoms. The lowest BCUT2D eigenvalue weighted by atomic mass is 10.1. The summed E-state index contributed by atoms with van der Waals surface area (Å²) in [5.74, 6) is -0.643. The number of aliphatic hydroxyl groups is 1. The number of amides is 1. The van der Waals surface area contributed by atoms with E-state index in [9.17, 15) is 22.7 Å². The number of ether oxygens (including phenoxy) is 2. The van der Waals surface area contributed by atoms with Gasteiger partial charge in [0.2, 0.25) is 15.9 Å². The first kappa shape index (κ1) is 26.8. The second-order valence-electron chi connectivity index (χ2n) is 8.62. The van der Waals surface area contributed by atoms with Crippen LogP contribution in [0.5, 0.6) is 5.75 Å². The van der Waals surface area contributed by atoms with E-state index in [0.717, 1.165) is 13.1 Å². The van der Waals surface area contributed by atoms with Gasteiger partial charge >= 0.3 is 0 Å². The maximum Gasteiger partial charge on any atom is 0.237 e. The fourth-order valence-corrected chi connectivity index (χ4v) is 5.32. The smallest absolute Gasteiger partial charge is 0.237 e. The molecule has 1 aromatic rings. The average Bonchev–Trinajstić information content (AvgIpc) is 3.11. The SMILES string of the molecule is C[C@@H](NS(=O)(=O)CCCCCN1CC(=O)NC1O)c1ccc(F)c(OCCN2CCOCC2)c1. The number of benzene rings is 1. The van der Waals surface area contributed by atoms with Gasteiger partial charge in [-0.25, -0.2) is 17.5 Å². The van der Waals surface area contributed by atoms with Gasteiger partial charge in [0, 0.05) is 32.2 Å². The molecule has 2 aliphatic rings. The number of sulfonamides is 1. The van der Waals surface area contributed by atoms with Crippen LogP contribution in [0.25, 0.3) is 0 Å². The summed E-state index contributed by atoms with van der Waals surface area (Å²) in [6.07, 6.45) is 0.791. The zero-order valence-corrected chi connectivity index (χ0v) is 20.4. The van der Waals surface area contributed by atoms with Crippen molar-refractivity contribution < 1.29 is 32.2 Å². The summed E-state index contributed by atoms with van der Waals surface area (Å²) >= 11 is 0. The standard InChI is InChI=1S/C22H35FN4O6S/c1-17(25-34(30,31)14-4-2-3-7-27-16-21(28)24-22(27)29)18-5-6-19(23)20(15-18)33-13-10-26-8-11-32-12-9-26/h5-6,15,17,22,25,29H,2-4,7-14,16H2,1H3,(H,24,28)/t17-,22?/m1/s1. The van der Waals surface area contributed by atoms with Crippen molar-refractivity contribution in [2.75, 3.05) is 58.3 Å². The summed E-state index contributed by atoms with van der Waals surface area (Å²) in [6, 6.07) is 3.84. The van der Waals surface area contributed by atoms with E-state index < -0.39 is 28.2 Å². The van der Waals surface area contributed by atoms with Crippen LogP contribution in [-0.4, -0.2) is 93.9 Å². The van der Waals surface area contributed by atoms with Crippen LogP contribution in [0.4, 0.5) is 4.39 Å². The third kappa shape index (κ3) is 8.43. The molecular formula is C22H35FN4O6S. The number of rotatable bonds is 13. The van der Waals surface area contributed by atoms with Gasteiger partial charge < -0.3 is 19.9 Å². The first-order valence-corrected chi connectivity index (χ1v) is 13.3. The average molecular weight is 503 g/mol. The van der Waals surface area contributed by atoms with Crippen molar-refractivity contribution in [1.29, 1.82) is 0 Å². The molecule has 1 amide bonds. The topological polar surface area (TPSA) is 120 Å². The Labute approximate surface area is 200 Å². The maximum absolute atomic E-state index is 14.2. The number of carbonyl (C=O) groups excluding carboxylic acids is 1. The first-order chi connectivity index (χ1) is 16.2. The maximum atomic E-state index is 14.2. The zero-order chi connectivity index (χ0) is 24.6. The van der Waals surface area contributed by atoms with Gasteiger partial charge in [0.1, 0.15) is 6.61 Å². The molecular weight excluding hydrogens is 467 g/mol. The third-order valence-corrected chi connectivity index (χ3v) is 7.46. The van der Waals surface area contributed by atoms with Crippen LogP contribution in [-0.2, 0) is 19.6 Å². The Balaban J connectivity index is 1.40. The van der Waals surface area contributed by atoms with Gasteiger partial charge in [-0.15, -0.1) is 0 Å². The molecule has 192 valence electrons. The molecule has 1 aromatic carbocycles. The van der Waals surface area contributed by atoms with E-state index in [2.05, 4.69) is 14.9 Å². The van der Waals surface area contributed by atoms with E-state index in [4.69, 9.17) is 9.47 Å². The van der Waals surface area contributed by atoms with E-state index >= 15 is 0 Å². The Bertz CT molecular complexity index is 913. The number of hydrogen-bond donors (Lipinski definition) is 3. The Morgan fingerprint density at radius 1 is 1.26 bits per heavy atom. The molecule has 0 bridgehead atoms. The Hall–Kier alpha value is -1.83. The van der Waals surface area contributed by atoms with Crippen molar-refractivity contribution in [3.05, 3.63) is 29.6 Å². The molecule has 0 aromatic heterocycles. The van der Waals surface area contributed by atoms with Crippen molar-refractivity contribution in [3.63, 3.8) is 0 Å². The van der Waals surface area contributed by atoms with Gasteiger partial charge in [0.05, 0.1) is 25.5 Å². The lowest BCUT2D eigenvalue weighted by Gasteiger charge is -2.26. The number of hydrogen-bond acceptors (Lipinski definition) is 8. The Morgan fingerprint density at radius 3 is 2.74 bits per heavy atom. The zero-order valence-electron chi connectivity index (χ0n) is 19.5. The monoisotopic (exact) mass is 502 g/mol. The highest BCUT2D eigenvalue weighted by molar-refractivity contribution is 7.89. The van der Waals surface area contributed by atoms with Crippen LogP contribution in [0.15, 0.2) is 18.2 Å². The Morgan fingerprint density at radius 2 is 2.03 bits per heavy atom. The van der Waals surface area contributed by atoms with E-state index in [1.807, 2.05) is 0 Å². The van der Waals surface area contributed by atoms with Gasteiger partial charge in [-0.3, -0.25) is 14.6 Å². The predicted molar refractivity (Wildman–Crippen MR) is 124 cm³/mol.